The third-order valence-electron chi connectivity index (χ3n) is 3.86. The van der Waals surface area contributed by atoms with Crippen LogP contribution in [0.2, 0.25) is 0 Å². The summed E-state index contributed by atoms with van der Waals surface area (Å²) in [5, 5.41) is 15.2. The summed E-state index contributed by atoms with van der Waals surface area (Å²) in [6.45, 7) is 6.02. The molecule has 2 rings (SSSR count). The van der Waals surface area contributed by atoms with Crippen LogP contribution in [0.15, 0.2) is 18.2 Å². The van der Waals surface area contributed by atoms with Gasteiger partial charge >= 0.3 is 0 Å². The third kappa shape index (κ3) is 3.30. The Labute approximate surface area is 120 Å². The maximum atomic E-state index is 12.0. The molecule has 4 heteroatoms. The second-order valence-electron chi connectivity index (χ2n) is 5.81. The van der Waals surface area contributed by atoms with E-state index in [9.17, 15) is 10.1 Å². The van der Waals surface area contributed by atoms with Crippen molar-refractivity contribution in [2.24, 2.45) is 5.92 Å². The number of nitrogens with zero attached hydrogens (tertiary/aromatic N) is 1. The second kappa shape index (κ2) is 5.54. The topological polar surface area (TPSA) is 64.9 Å². The van der Waals surface area contributed by atoms with E-state index in [1.807, 2.05) is 32.0 Å². The molecule has 2 N–H and O–H groups in total. The number of anilines is 1. The minimum absolute atomic E-state index is 0.137. The molecule has 1 amide bonds. The van der Waals surface area contributed by atoms with Gasteiger partial charge in [-0.15, -0.1) is 0 Å². The summed E-state index contributed by atoms with van der Waals surface area (Å²) < 4.78 is 0. The van der Waals surface area contributed by atoms with Gasteiger partial charge in [-0.25, -0.2) is 0 Å². The van der Waals surface area contributed by atoms with Crippen LogP contribution >= 0.6 is 0 Å². The quantitative estimate of drug-likeness (QED) is 0.865. The molecule has 1 fully saturated rings. The lowest BCUT2D eigenvalue weighted by atomic mass is 9.98. The lowest BCUT2D eigenvalue weighted by Crippen LogP contribution is -2.48. The molecule has 0 saturated heterocycles. The molecule has 0 bridgehead atoms. The maximum Gasteiger partial charge on any atom is 0.240 e. The van der Waals surface area contributed by atoms with Crippen LogP contribution in [-0.4, -0.2) is 18.0 Å². The van der Waals surface area contributed by atoms with Gasteiger partial charge in [-0.3, -0.25) is 4.79 Å². The molecule has 0 heterocycles. The van der Waals surface area contributed by atoms with Crippen LogP contribution in [0.25, 0.3) is 0 Å². The van der Waals surface area contributed by atoms with Crippen molar-refractivity contribution in [3.05, 3.63) is 29.3 Å². The number of nitrogens with one attached hydrogen (secondary N) is 2. The zero-order valence-electron chi connectivity index (χ0n) is 12.3. The number of hydrogen-bond acceptors (Lipinski definition) is 3. The smallest absolute Gasteiger partial charge is 0.240 e. The molecule has 0 radical (unpaired) electrons. The summed E-state index contributed by atoms with van der Waals surface area (Å²) in [4.78, 5) is 12.0. The van der Waals surface area contributed by atoms with Gasteiger partial charge in [0.25, 0.3) is 0 Å². The van der Waals surface area contributed by atoms with E-state index in [2.05, 4.69) is 16.7 Å². The molecule has 20 heavy (non-hydrogen) atoms. The van der Waals surface area contributed by atoms with Gasteiger partial charge in [0.05, 0.1) is 12.6 Å². The van der Waals surface area contributed by atoms with Crippen molar-refractivity contribution >= 4 is 11.6 Å². The number of rotatable bonds is 5. The Bertz CT molecular complexity index is 557. The Morgan fingerprint density at radius 2 is 2.15 bits per heavy atom. The van der Waals surface area contributed by atoms with Crippen molar-refractivity contribution in [3.63, 3.8) is 0 Å². The van der Waals surface area contributed by atoms with Gasteiger partial charge in [0.1, 0.15) is 5.54 Å². The number of carbonyl (C=O) groups is 1. The van der Waals surface area contributed by atoms with Gasteiger partial charge in [0.2, 0.25) is 5.91 Å². The number of benzene rings is 1. The zero-order chi connectivity index (χ0) is 14.8. The maximum absolute atomic E-state index is 12.0. The third-order valence-corrected chi connectivity index (χ3v) is 3.86. The first kappa shape index (κ1) is 14.4. The number of aryl methyl sites for hydroxylation is 2. The van der Waals surface area contributed by atoms with Crippen LogP contribution in [0.3, 0.4) is 0 Å². The molecule has 1 aromatic rings. The average molecular weight is 271 g/mol. The van der Waals surface area contributed by atoms with E-state index in [4.69, 9.17) is 0 Å². The summed E-state index contributed by atoms with van der Waals surface area (Å²) in [7, 11) is 0. The zero-order valence-corrected chi connectivity index (χ0v) is 12.3. The average Bonchev–Trinajstić information content (AvgIpc) is 3.24. The number of amides is 1. The number of nitriles is 1. The lowest BCUT2D eigenvalue weighted by molar-refractivity contribution is -0.120. The Kier molecular flexibility index (Phi) is 3.99. The van der Waals surface area contributed by atoms with E-state index < -0.39 is 5.54 Å². The fourth-order valence-electron chi connectivity index (χ4n) is 2.32. The largest absolute Gasteiger partial charge is 0.376 e. The highest BCUT2D eigenvalue weighted by atomic mass is 16.2. The van der Waals surface area contributed by atoms with Crippen molar-refractivity contribution < 1.29 is 4.79 Å². The van der Waals surface area contributed by atoms with Gasteiger partial charge in [0, 0.05) is 5.69 Å². The minimum atomic E-state index is -0.722. The summed E-state index contributed by atoms with van der Waals surface area (Å²) in [5.74, 6) is 0.166. The predicted molar refractivity (Wildman–Crippen MR) is 79.3 cm³/mol. The molecule has 1 aliphatic carbocycles. The Balaban J connectivity index is 1.92. The van der Waals surface area contributed by atoms with Crippen LogP contribution in [0.1, 0.15) is 30.9 Å². The lowest BCUT2D eigenvalue weighted by Gasteiger charge is -2.23. The van der Waals surface area contributed by atoms with Crippen molar-refractivity contribution in [3.8, 4) is 6.07 Å². The van der Waals surface area contributed by atoms with Crippen molar-refractivity contribution in [1.29, 1.82) is 5.26 Å². The molecule has 1 aliphatic rings. The Morgan fingerprint density at radius 1 is 1.45 bits per heavy atom. The summed E-state index contributed by atoms with van der Waals surface area (Å²) in [5.41, 5.74) is 2.50. The Hall–Kier alpha value is -2.02. The molecular weight excluding hydrogens is 250 g/mol. The van der Waals surface area contributed by atoms with E-state index in [1.165, 1.54) is 0 Å². The summed E-state index contributed by atoms with van der Waals surface area (Å²) in [6.07, 6.45) is 2.05. The molecule has 1 aromatic carbocycles. The standard InChI is InChI=1S/C16H21N3O/c1-11-4-5-12(2)14(8-11)18-9-15(20)19-16(3,10-17)13-6-7-13/h4-5,8,13,18H,6-7,9H2,1-3H3,(H,19,20)/t16-/m1/s1. The van der Waals surface area contributed by atoms with Crippen LogP contribution in [0.5, 0.6) is 0 Å². The van der Waals surface area contributed by atoms with E-state index >= 15 is 0 Å². The van der Waals surface area contributed by atoms with Crippen LogP contribution < -0.4 is 10.6 Å². The SMILES string of the molecule is Cc1ccc(C)c(NCC(=O)N[C@](C)(C#N)C2CC2)c1. The fourth-order valence-corrected chi connectivity index (χ4v) is 2.32. The first-order chi connectivity index (χ1) is 9.44. The minimum Gasteiger partial charge on any atom is -0.376 e. The molecule has 4 nitrogen and oxygen atoms in total. The highest BCUT2D eigenvalue weighted by Gasteiger charge is 2.42. The van der Waals surface area contributed by atoms with Crippen LogP contribution in [0.4, 0.5) is 5.69 Å². The highest BCUT2D eigenvalue weighted by molar-refractivity contribution is 5.82. The molecule has 0 aliphatic heterocycles. The fraction of sp³-hybridized carbons (Fsp3) is 0.500. The number of carbonyl (C=O) groups excluding carboxylic acids is 1. The first-order valence-corrected chi connectivity index (χ1v) is 6.98. The van der Waals surface area contributed by atoms with E-state index in [0.29, 0.717) is 5.92 Å². The van der Waals surface area contributed by atoms with E-state index in [0.717, 1.165) is 29.7 Å². The Morgan fingerprint density at radius 3 is 2.75 bits per heavy atom. The van der Waals surface area contributed by atoms with Gasteiger partial charge in [-0.1, -0.05) is 12.1 Å². The second-order valence-corrected chi connectivity index (χ2v) is 5.81. The molecule has 0 unspecified atom stereocenters. The molecule has 0 spiro atoms. The predicted octanol–water partition coefficient (Wildman–Crippen LogP) is 2.52. The first-order valence-electron chi connectivity index (χ1n) is 6.98. The molecular formula is C16H21N3O. The molecule has 0 aromatic heterocycles. The van der Waals surface area contributed by atoms with Gasteiger partial charge in [-0.2, -0.15) is 5.26 Å². The van der Waals surface area contributed by atoms with E-state index in [1.54, 1.807) is 6.92 Å². The number of hydrogen-bond donors (Lipinski definition) is 2. The van der Waals surface area contributed by atoms with Crippen molar-refractivity contribution in [2.45, 2.75) is 39.2 Å². The summed E-state index contributed by atoms with van der Waals surface area (Å²) >= 11 is 0. The van der Waals surface area contributed by atoms with Crippen molar-refractivity contribution in [2.75, 3.05) is 11.9 Å². The van der Waals surface area contributed by atoms with Gasteiger partial charge < -0.3 is 10.6 Å². The monoisotopic (exact) mass is 271 g/mol. The van der Waals surface area contributed by atoms with Gasteiger partial charge in [-0.05, 0) is 56.7 Å². The highest BCUT2D eigenvalue weighted by Crippen LogP contribution is 2.39. The van der Waals surface area contributed by atoms with E-state index in [-0.39, 0.29) is 12.5 Å². The molecule has 106 valence electrons. The van der Waals surface area contributed by atoms with Gasteiger partial charge in [0.15, 0.2) is 0 Å². The molecule has 1 atom stereocenters. The van der Waals surface area contributed by atoms with Crippen LogP contribution in [0, 0.1) is 31.1 Å². The molecule has 1 saturated carbocycles. The van der Waals surface area contributed by atoms with Crippen molar-refractivity contribution in [1.82, 2.24) is 5.32 Å². The summed E-state index contributed by atoms with van der Waals surface area (Å²) in [6, 6.07) is 8.32. The normalized spacial score (nSPS) is 16.9. The van der Waals surface area contributed by atoms with Crippen LogP contribution in [-0.2, 0) is 4.79 Å².